The van der Waals surface area contributed by atoms with Crippen molar-refractivity contribution >= 4 is 21.6 Å². The van der Waals surface area contributed by atoms with Gasteiger partial charge in [0.15, 0.2) is 0 Å². The number of rotatable bonds is 9. The molecule has 8 nitrogen and oxygen atoms in total. The summed E-state index contributed by atoms with van der Waals surface area (Å²) in [4.78, 5) is 19.2. The second kappa shape index (κ2) is 10.0. The molecule has 0 N–H and O–H groups in total. The van der Waals surface area contributed by atoms with Gasteiger partial charge in [0.25, 0.3) is 15.9 Å². The molecule has 0 saturated heterocycles. The topological polar surface area (TPSA) is 99.9 Å². The summed E-state index contributed by atoms with van der Waals surface area (Å²) in [6, 6.07) is 14.6. The molecule has 0 radical (unpaired) electrons. The Kier molecular flexibility index (Phi) is 7.73. The minimum absolute atomic E-state index is 0.00282. The van der Waals surface area contributed by atoms with E-state index < -0.39 is 10.0 Å². The van der Waals surface area contributed by atoms with Gasteiger partial charge in [0, 0.05) is 24.8 Å². The van der Waals surface area contributed by atoms with E-state index in [4.69, 9.17) is 14.8 Å². The molecule has 1 amide bonds. The fourth-order valence-electron chi connectivity index (χ4n) is 2.57. The summed E-state index contributed by atoms with van der Waals surface area (Å²) in [5, 5.41) is 8.94. The molecule has 0 aliphatic heterocycles. The lowest BCUT2D eigenvalue weighted by molar-refractivity contribution is -0.0258. The molecular weight excluding hydrogens is 394 g/mol. The molecule has 0 bridgehead atoms. The van der Waals surface area contributed by atoms with Crippen LogP contribution in [0.15, 0.2) is 53.4 Å². The summed E-state index contributed by atoms with van der Waals surface area (Å²) in [6.45, 7) is 2.62. The lowest BCUT2D eigenvalue weighted by Crippen LogP contribution is -2.32. The highest BCUT2D eigenvalue weighted by Gasteiger charge is 2.22. The molecular formula is C20H23N3O5S. The standard InChI is InChI=1S/C20H23N3O5S/c1-4-28-18-10-8-17(9-11-18)23(15-5-14-21)20(24)16-6-12-19(13-7-16)29(25,26)22(2)27-3/h6-13H,4-5,15H2,1-3H3. The Balaban J connectivity index is 2.30. The lowest BCUT2D eigenvalue weighted by atomic mass is 10.1. The molecule has 9 heteroatoms. The number of amides is 1. The van der Waals surface area contributed by atoms with Crippen LogP contribution >= 0.6 is 0 Å². The molecule has 0 atom stereocenters. The Bertz CT molecular complexity index is 967. The third-order valence-electron chi connectivity index (χ3n) is 4.15. The third-order valence-corrected chi connectivity index (χ3v) is 5.84. The Hall–Kier alpha value is -2.93. The predicted octanol–water partition coefficient (Wildman–Crippen LogP) is 2.83. The van der Waals surface area contributed by atoms with Gasteiger partial charge in [0.1, 0.15) is 5.75 Å². The van der Waals surface area contributed by atoms with Crippen LogP contribution in [0.3, 0.4) is 0 Å². The highest BCUT2D eigenvalue weighted by molar-refractivity contribution is 7.89. The fraction of sp³-hybridized carbons (Fsp3) is 0.300. The van der Waals surface area contributed by atoms with E-state index in [9.17, 15) is 13.2 Å². The molecule has 0 spiro atoms. The quantitative estimate of drug-likeness (QED) is 0.582. The van der Waals surface area contributed by atoms with Crippen LogP contribution in [-0.2, 0) is 14.9 Å². The first-order valence-electron chi connectivity index (χ1n) is 8.90. The highest BCUT2D eigenvalue weighted by atomic mass is 32.2. The Labute approximate surface area is 170 Å². The first kappa shape index (κ1) is 22.4. The first-order valence-corrected chi connectivity index (χ1v) is 10.3. The van der Waals surface area contributed by atoms with E-state index in [1.807, 2.05) is 13.0 Å². The van der Waals surface area contributed by atoms with Gasteiger partial charge in [0.05, 0.1) is 31.1 Å². The van der Waals surface area contributed by atoms with Gasteiger partial charge in [-0.25, -0.2) is 8.42 Å². The van der Waals surface area contributed by atoms with Crippen LogP contribution in [-0.4, -0.2) is 46.1 Å². The van der Waals surface area contributed by atoms with Crippen molar-refractivity contribution < 1.29 is 22.8 Å². The Morgan fingerprint density at radius 1 is 1.10 bits per heavy atom. The van der Waals surface area contributed by atoms with Crippen molar-refractivity contribution in [1.82, 2.24) is 4.47 Å². The van der Waals surface area contributed by atoms with Gasteiger partial charge in [-0.15, -0.1) is 0 Å². The number of benzene rings is 2. The summed E-state index contributed by atoms with van der Waals surface area (Å²) >= 11 is 0. The van der Waals surface area contributed by atoms with Gasteiger partial charge in [0.2, 0.25) is 0 Å². The highest BCUT2D eigenvalue weighted by Crippen LogP contribution is 2.23. The molecule has 0 saturated carbocycles. The maximum atomic E-state index is 13.0. The second-order valence-electron chi connectivity index (χ2n) is 5.91. The van der Waals surface area contributed by atoms with Gasteiger partial charge >= 0.3 is 0 Å². The summed E-state index contributed by atoms with van der Waals surface area (Å²) in [7, 11) is -1.27. The fourth-order valence-corrected chi connectivity index (χ4v) is 3.54. The number of nitrogens with zero attached hydrogens (tertiary/aromatic N) is 3. The van der Waals surface area contributed by atoms with Crippen LogP contribution in [0.5, 0.6) is 5.75 Å². The van der Waals surface area contributed by atoms with Gasteiger partial charge in [-0.3, -0.25) is 9.63 Å². The molecule has 29 heavy (non-hydrogen) atoms. The number of sulfonamides is 1. The average molecular weight is 417 g/mol. The smallest absolute Gasteiger partial charge is 0.264 e. The first-order chi connectivity index (χ1) is 13.8. The zero-order valence-corrected chi connectivity index (χ0v) is 17.3. The van der Waals surface area contributed by atoms with E-state index >= 15 is 0 Å². The van der Waals surface area contributed by atoms with Gasteiger partial charge in [-0.2, -0.15) is 5.26 Å². The van der Waals surface area contributed by atoms with Crippen molar-refractivity contribution in [2.24, 2.45) is 0 Å². The van der Waals surface area contributed by atoms with Crippen molar-refractivity contribution in [2.45, 2.75) is 18.2 Å². The summed E-state index contributed by atoms with van der Waals surface area (Å²) in [6.07, 6.45) is 0.157. The summed E-state index contributed by atoms with van der Waals surface area (Å²) in [5.41, 5.74) is 0.917. The maximum absolute atomic E-state index is 13.0. The molecule has 0 heterocycles. The summed E-state index contributed by atoms with van der Waals surface area (Å²) < 4.78 is 30.7. The Morgan fingerprint density at radius 3 is 2.24 bits per heavy atom. The summed E-state index contributed by atoms with van der Waals surface area (Å²) in [5.74, 6) is 0.342. The molecule has 0 aromatic heterocycles. The van der Waals surface area contributed by atoms with Gasteiger partial charge in [-0.1, -0.05) is 4.47 Å². The zero-order valence-electron chi connectivity index (χ0n) is 16.5. The van der Waals surface area contributed by atoms with Crippen LogP contribution in [0.25, 0.3) is 0 Å². The molecule has 154 valence electrons. The van der Waals surface area contributed by atoms with Crippen molar-refractivity contribution in [1.29, 1.82) is 5.26 Å². The third kappa shape index (κ3) is 5.32. The van der Waals surface area contributed by atoms with Gasteiger partial charge in [-0.05, 0) is 55.5 Å². The van der Waals surface area contributed by atoms with Crippen LogP contribution in [0.1, 0.15) is 23.7 Å². The monoisotopic (exact) mass is 417 g/mol. The van der Waals surface area contributed by atoms with Crippen molar-refractivity contribution in [3.63, 3.8) is 0 Å². The maximum Gasteiger partial charge on any atom is 0.264 e. The van der Waals surface area contributed by atoms with Crippen LogP contribution in [0.4, 0.5) is 5.69 Å². The molecule has 2 rings (SSSR count). The minimum atomic E-state index is -3.80. The predicted molar refractivity (Wildman–Crippen MR) is 108 cm³/mol. The molecule has 2 aromatic rings. The molecule has 2 aromatic carbocycles. The number of carbonyl (C=O) groups is 1. The van der Waals surface area contributed by atoms with E-state index in [0.29, 0.717) is 23.6 Å². The number of hydrogen-bond acceptors (Lipinski definition) is 6. The SMILES string of the molecule is CCOc1ccc(N(CCC#N)C(=O)c2ccc(S(=O)(=O)N(C)OC)cc2)cc1. The lowest BCUT2D eigenvalue weighted by Gasteiger charge is -2.22. The van der Waals surface area contributed by atoms with E-state index in [1.54, 1.807) is 24.3 Å². The largest absolute Gasteiger partial charge is 0.494 e. The van der Waals surface area contributed by atoms with E-state index in [2.05, 4.69) is 0 Å². The van der Waals surface area contributed by atoms with E-state index in [1.165, 1.54) is 43.3 Å². The second-order valence-corrected chi connectivity index (χ2v) is 7.85. The number of carbonyl (C=O) groups excluding carboxylic acids is 1. The van der Waals surface area contributed by atoms with Gasteiger partial charge < -0.3 is 9.64 Å². The molecule has 0 fully saturated rings. The number of nitriles is 1. The normalized spacial score (nSPS) is 11.1. The van der Waals surface area contributed by atoms with Crippen molar-refractivity contribution in [2.75, 3.05) is 32.2 Å². The number of hydrogen-bond donors (Lipinski definition) is 0. The number of anilines is 1. The number of hydroxylamine groups is 1. The van der Waals surface area contributed by atoms with E-state index in [0.717, 1.165) is 4.47 Å². The molecule has 0 aliphatic carbocycles. The molecule has 0 aliphatic rings. The Morgan fingerprint density at radius 2 is 1.72 bits per heavy atom. The zero-order chi connectivity index (χ0) is 21.4. The van der Waals surface area contributed by atoms with E-state index in [-0.39, 0.29) is 23.8 Å². The van der Waals surface area contributed by atoms with Crippen LogP contribution in [0.2, 0.25) is 0 Å². The molecule has 0 unspecified atom stereocenters. The van der Waals surface area contributed by atoms with Crippen LogP contribution < -0.4 is 9.64 Å². The van der Waals surface area contributed by atoms with Crippen molar-refractivity contribution in [3.05, 3.63) is 54.1 Å². The number of ether oxygens (including phenoxy) is 1. The van der Waals surface area contributed by atoms with Crippen LogP contribution in [0, 0.1) is 11.3 Å². The van der Waals surface area contributed by atoms with Crippen molar-refractivity contribution in [3.8, 4) is 11.8 Å². The minimum Gasteiger partial charge on any atom is -0.494 e. The average Bonchev–Trinajstić information content (AvgIpc) is 2.74.